The van der Waals surface area contributed by atoms with Crippen molar-refractivity contribution in [2.75, 3.05) is 18.8 Å². The third-order valence-electron chi connectivity index (χ3n) is 2.62. The molecule has 2 heterocycles. The quantitative estimate of drug-likeness (QED) is 0.631. The number of hydrogen-bond acceptors (Lipinski definition) is 4. The summed E-state index contributed by atoms with van der Waals surface area (Å²) in [6.45, 7) is 2.52. The average molecular weight is 210 g/mol. The molecule has 2 rings (SSSR count). The average Bonchev–Trinajstić information content (AvgIpc) is 2.35. The Labute approximate surface area is 87.3 Å². The molecule has 0 saturated carbocycles. The van der Waals surface area contributed by atoms with Crippen LogP contribution in [0.3, 0.4) is 0 Å². The molecule has 0 spiro atoms. The van der Waals surface area contributed by atoms with E-state index in [1.165, 1.54) is 4.68 Å². The minimum Gasteiger partial charge on any atom is -0.395 e. The lowest BCUT2D eigenvalue weighted by molar-refractivity contribution is 0.00524. The number of nitrogens with two attached hydrogens (primary N) is 1. The van der Waals surface area contributed by atoms with Gasteiger partial charge in [0, 0.05) is 20.1 Å². The first kappa shape index (κ1) is 9.97. The molecule has 6 nitrogen and oxygen atoms in total. The lowest BCUT2D eigenvalue weighted by Crippen LogP contribution is -2.53. The predicted molar refractivity (Wildman–Crippen MR) is 54.3 cm³/mol. The van der Waals surface area contributed by atoms with Crippen molar-refractivity contribution >= 4 is 11.6 Å². The number of nitrogen functional groups attached to an aromatic ring is 1. The van der Waals surface area contributed by atoms with Gasteiger partial charge in [0.2, 0.25) is 0 Å². The number of hydrogen-bond donors (Lipinski definition) is 2. The number of anilines is 1. The molecule has 1 amide bonds. The second-order valence-corrected chi connectivity index (χ2v) is 3.84. The molecule has 0 atom stereocenters. The molecule has 1 saturated heterocycles. The summed E-state index contributed by atoms with van der Waals surface area (Å²) in [5.74, 6) is -0.166. The number of β-amino-alcohol motifs (C(OH)–C–C–N with tert-alkyl or cyclic N) is 1. The van der Waals surface area contributed by atoms with Crippen molar-refractivity contribution in [1.29, 1.82) is 0 Å². The summed E-state index contributed by atoms with van der Waals surface area (Å²) >= 11 is 0. The topological polar surface area (TPSA) is 84.4 Å². The highest BCUT2D eigenvalue weighted by Gasteiger charge is 2.32. The van der Waals surface area contributed by atoms with E-state index in [-0.39, 0.29) is 5.91 Å². The van der Waals surface area contributed by atoms with Gasteiger partial charge in [0.05, 0.1) is 17.5 Å². The third-order valence-corrected chi connectivity index (χ3v) is 2.62. The summed E-state index contributed by atoms with van der Waals surface area (Å²) in [5, 5.41) is 13.2. The van der Waals surface area contributed by atoms with Gasteiger partial charge in [-0.05, 0) is 6.92 Å². The van der Waals surface area contributed by atoms with Crippen LogP contribution in [0.25, 0.3) is 0 Å². The van der Waals surface area contributed by atoms with E-state index in [2.05, 4.69) is 5.10 Å². The molecule has 1 aromatic heterocycles. The number of carbonyl (C=O) groups is 1. The molecule has 0 aromatic carbocycles. The van der Waals surface area contributed by atoms with Crippen LogP contribution < -0.4 is 5.73 Å². The molecule has 3 N–H and O–H groups in total. The molecule has 0 radical (unpaired) electrons. The Kier molecular flexibility index (Phi) is 2.15. The second-order valence-electron chi connectivity index (χ2n) is 3.84. The first-order valence-electron chi connectivity index (χ1n) is 4.77. The van der Waals surface area contributed by atoms with Gasteiger partial charge >= 0.3 is 0 Å². The van der Waals surface area contributed by atoms with Gasteiger partial charge in [0.1, 0.15) is 5.69 Å². The van der Waals surface area contributed by atoms with Crippen molar-refractivity contribution in [1.82, 2.24) is 14.7 Å². The lowest BCUT2D eigenvalue weighted by atomic mass is 10.1. The SMILES string of the molecule is Cc1nn(C)c(C(=O)N2CC(O)C2)c1N. The van der Waals surface area contributed by atoms with Crippen molar-refractivity contribution in [3.05, 3.63) is 11.4 Å². The predicted octanol–water partition coefficient (Wildman–Crippen LogP) is -0.873. The summed E-state index contributed by atoms with van der Waals surface area (Å²) < 4.78 is 1.48. The van der Waals surface area contributed by atoms with E-state index >= 15 is 0 Å². The highest BCUT2D eigenvalue weighted by molar-refractivity contribution is 5.98. The largest absolute Gasteiger partial charge is 0.395 e. The van der Waals surface area contributed by atoms with Crippen LogP contribution in [0.2, 0.25) is 0 Å². The van der Waals surface area contributed by atoms with Crippen LogP contribution in [-0.2, 0) is 7.05 Å². The van der Waals surface area contributed by atoms with E-state index in [0.717, 1.165) is 0 Å². The lowest BCUT2D eigenvalue weighted by Gasteiger charge is -2.35. The fraction of sp³-hybridized carbons (Fsp3) is 0.556. The zero-order valence-electron chi connectivity index (χ0n) is 8.77. The van der Waals surface area contributed by atoms with Crippen LogP contribution in [0.5, 0.6) is 0 Å². The summed E-state index contributed by atoms with van der Waals surface area (Å²) in [5.41, 5.74) is 7.24. The number of amides is 1. The van der Waals surface area contributed by atoms with Gasteiger partial charge in [-0.3, -0.25) is 9.48 Å². The van der Waals surface area contributed by atoms with Crippen LogP contribution in [0, 0.1) is 6.92 Å². The van der Waals surface area contributed by atoms with Gasteiger partial charge in [0.15, 0.2) is 0 Å². The van der Waals surface area contributed by atoms with Crippen LogP contribution in [0.4, 0.5) is 5.69 Å². The standard InChI is InChI=1S/C9H14N4O2/c1-5-7(10)8(12(2)11-5)9(15)13-3-6(14)4-13/h6,14H,3-4,10H2,1-2H3. The molecule has 1 fully saturated rings. The van der Waals surface area contributed by atoms with E-state index < -0.39 is 6.10 Å². The minimum absolute atomic E-state index is 0.166. The Morgan fingerprint density at radius 3 is 2.60 bits per heavy atom. The Balaban J connectivity index is 2.26. The van der Waals surface area contributed by atoms with Crippen molar-refractivity contribution in [2.24, 2.45) is 7.05 Å². The van der Waals surface area contributed by atoms with Crippen LogP contribution >= 0.6 is 0 Å². The molecular formula is C9H14N4O2. The summed E-state index contributed by atoms with van der Waals surface area (Å²) in [4.78, 5) is 13.5. The molecule has 82 valence electrons. The number of aliphatic hydroxyl groups excluding tert-OH is 1. The second kappa shape index (κ2) is 3.23. The molecule has 6 heteroatoms. The molecule has 0 unspecified atom stereocenters. The van der Waals surface area contributed by atoms with Crippen LogP contribution in [0.15, 0.2) is 0 Å². The molecule has 1 aliphatic heterocycles. The van der Waals surface area contributed by atoms with E-state index in [9.17, 15) is 4.79 Å². The zero-order chi connectivity index (χ0) is 11.2. The van der Waals surface area contributed by atoms with Crippen molar-refractivity contribution in [3.63, 3.8) is 0 Å². The van der Waals surface area contributed by atoms with E-state index in [0.29, 0.717) is 30.2 Å². The summed E-state index contributed by atoms with van der Waals surface area (Å²) in [6.07, 6.45) is -0.399. The molecular weight excluding hydrogens is 196 g/mol. The number of nitrogens with zero attached hydrogens (tertiary/aromatic N) is 3. The molecule has 15 heavy (non-hydrogen) atoms. The number of likely N-dealkylation sites (tertiary alicyclic amines) is 1. The zero-order valence-corrected chi connectivity index (χ0v) is 8.77. The minimum atomic E-state index is -0.399. The Bertz CT molecular complexity index is 406. The van der Waals surface area contributed by atoms with Crippen LogP contribution in [0.1, 0.15) is 16.2 Å². The highest BCUT2D eigenvalue weighted by atomic mass is 16.3. The monoisotopic (exact) mass is 210 g/mol. The number of carbonyl (C=O) groups excluding carboxylic acids is 1. The molecule has 1 aromatic rings. The Hall–Kier alpha value is -1.56. The van der Waals surface area contributed by atoms with Crippen LogP contribution in [-0.4, -0.2) is 44.9 Å². The maximum atomic E-state index is 11.9. The van der Waals surface area contributed by atoms with E-state index in [1.807, 2.05) is 0 Å². The fourth-order valence-corrected chi connectivity index (χ4v) is 1.70. The van der Waals surface area contributed by atoms with Gasteiger partial charge < -0.3 is 15.7 Å². The molecule has 0 aliphatic carbocycles. The Morgan fingerprint density at radius 1 is 1.60 bits per heavy atom. The van der Waals surface area contributed by atoms with Crippen molar-refractivity contribution in [3.8, 4) is 0 Å². The Morgan fingerprint density at radius 2 is 2.20 bits per heavy atom. The number of aliphatic hydroxyl groups is 1. The summed E-state index contributed by atoms with van der Waals surface area (Å²) in [7, 11) is 1.69. The van der Waals surface area contributed by atoms with E-state index in [4.69, 9.17) is 10.8 Å². The number of aryl methyl sites for hydroxylation is 2. The van der Waals surface area contributed by atoms with Gasteiger partial charge in [0.25, 0.3) is 5.91 Å². The molecule has 1 aliphatic rings. The number of aromatic nitrogens is 2. The first-order chi connectivity index (χ1) is 7.00. The van der Waals surface area contributed by atoms with Gasteiger partial charge in [-0.25, -0.2) is 0 Å². The van der Waals surface area contributed by atoms with Gasteiger partial charge in [-0.2, -0.15) is 5.10 Å². The normalized spacial score (nSPS) is 16.6. The smallest absolute Gasteiger partial charge is 0.274 e. The van der Waals surface area contributed by atoms with Gasteiger partial charge in [-0.15, -0.1) is 0 Å². The van der Waals surface area contributed by atoms with Gasteiger partial charge in [-0.1, -0.05) is 0 Å². The molecule has 0 bridgehead atoms. The van der Waals surface area contributed by atoms with E-state index in [1.54, 1.807) is 18.9 Å². The maximum Gasteiger partial charge on any atom is 0.274 e. The first-order valence-corrected chi connectivity index (χ1v) is 4.77. The third kappa shape index (κ3) is 1.46. The fourth-order valence-electron chi connectivity index (χ4n) is 1.70. The highest BCUT2D eigenvalue weighted by Crippen LogP contribution is 2.20. The summed E-state index contributed by atoms with van der Waals surface area (Å²) in [6, 6.07) is 0. The van der Waals surface area contributed by atoms with Crippen molar-refractivity contribution < 1.29 is 9.90 Å². The maximum absolute atomic E-state index is 11.9. The van der Waals surface area contributed by atoms with Crippen molar-refractivity contribution in [2.45, 2.75) is 13.0 Å². The number of rotatable bonds is 1.